The molecule has 0 radical (unpaired) electrons. The number of para-hydroxylation sites is 2. The molecule has 0 fully saturated rings. The molecular formula is C49H28N4OS. The molecule has 0 bridgehead atoms. The largest absolute Gasteiger partial charge is 0.455 e. The van der Waals surface area contributed by atoms with Crippen molar-refractivity contribution in [2.24, 2.45) is 0 Å². The summed E-state index contributed by atoms with van der Waals surface area (Å²) in [5.74, 6) is 1.96. The number of furan rings is 1. The van der Waals surface area contributed by atoms with Crippen LogP contribution in [0.25, 0.3) is 105 Å². The van der Waals surface area contributed by atoms with Crippen molar-refractivity contribution < 1.29 is 4.42 Å². The van der Waals surface area contributed by atoms with Crippen molar-refractivity contribution in [2.45, 2.75) is 9.79 Å². The second-order valence-corrected chi connectivity index (χ2v) is 15.0. The quantitative estimate of drug-likeness (QED) is 0.181. The van der Waals surface area contributed by atoms with Gasteiger partial charge < -0.3 is 8.98 Å². The van der Waals surface area contributed by atoms with Crippen molar-refractivity contribution in [1.29, 1.82) is 0 Å². The van der Waals surface area contributed by atoms with Gasteiger partial charge in [-0.25, -0.2) is 15.0 Å². The summed E-state index contributed by atoms with van der Waals surface area (Å²) in [6.45, 7) is 0. The molecule has 1 aliphatic rings. The Bertz CT molecular complexity index is 3290. The second kappa shape index (κ2) is 11.7. The molecule has 11 aromatic rings. The molecule has 1 aliphatic heterocycles. The smallest absolute Gasteiger partial charge is 0.164 e. The Hall–Kier alpha value is -7.02. The summed E-state index contributed by atoms with van der Waals surface area (Å²) >= 11 is 1.82. The summed E-state index contributed by atoms with van der Waals surface area (Å²) < 4.78 is 8.96. The molecule has 6 heteroatoms. The maximum absolute atomic E-state index is 6.57. The van der Waals surface area contributed by atoms with Gasteiger partial charge in [-0.05, 0) is 71.1 Å². The zero-order valence-corrected chi connectivity index (χ0v) is 30.1. The van der Waals surface area contributed by atoms with Crippen molar-refractivity contribution >= 4 is 66.3 Å². The Morgan fingerprint density at radius 2 is 1.09 bits per heavy atom. The summed E-state index contributed by atoms with van der Waals surface area (Å²) in [6, 6.07) is 59.6. The molecule has 4 heterocycles. The monoisotopic (exact) mass is 720 g/mol. The lowest BCUT2D eigenvalue weighted by atomic mass is 9.94. The lowest BCUT2D eigenvalue weighted by Crippen LogP contribution is -2.02. The predicted molar refractivity (Wildman–Crippen MR) is 225 cm³/mol. The highest BCUT2D eigenvalue weighted by Gasteiger charge is 2.24. The number of hydrogen-bond donors (Lipinski definition) is 0. The molecule has 0 saturated carbocycles. The normalized spacial score (nSPS) is 12.3. The van der Waals surface area contributed by atoms with Crippen LogP contribution in [-0.4, -0.2) is 19.5 Å². The first-order chi connectivity index (χ1) is 27.3. The van der Waals surface area contributed by atoms with Gasteiger partial charge in [0.2, 0.25) is 0 Å². The molecule has 0 saturated heterocycles. The molecule has 0 spiro atoms. The summed E-state index contributed by atoms with van der Waals surface area (Å²) in [7, 11) is 0. The number of rotatable bonds is 4. The average Bonchev–Trinajstić information content (AvgIpc) is 3.80. The Morgan fingerprint density at radius 3 is 1.89 bits per heavy atom. The maximum atomic E-state index is 6.57. The zero-order valence-electron chi connectivity index (χ0n) is 29.3. The molecule has 55 heavy (non-hydrogen) atoms. The molecule has 3 aromatic heterocycles. The molecule has 0 aliphatic carbocycles. The summed E-state index contributed by atoms with van der Waals surface area (Å²) in [5.41, 5.74) is 10.5. The van der Waals surface area contributed by atoms with Crippen molar-refractivity contribution in [3.8, 4) is 51.0 Å². The third kappa shape index (κ3) is 4.59. The van der Waals surface area contributed by atoms with E-state index in [2.05, 4.69) is 108 Å². The highest BCUT2D eigenvalue weighted by molar-refractivity contribution is 7.99. The van der Waals surface area contributed by atoms with Crippen LogP contribution in [0.4, 0.5) is 0 Å². The summed E-state index contributed by atoms with van der Waals surface area (Å²) in [5, 5.41) is 6.91. The number of fused-ring (bicyclic) bond motifs is 9. The van der Waals surface area contributed by atoms with Crippen molar-refractivity contribution in [3.63, 3.8) is 0 Å². The Labute approximate surface area is 319 Å². The van der Waals surface area contributed by atoms with Gasteiger partial charge in [0.1, 0.15) is 11.2 Å². The van der Waals surface area contributed by atoms with E-state index < -0.39 is 0 Å². The highest BCUT2D eigenvalue weighted by atomic mass is 32.2. The molecule has 5 nitrogen and oxygen atoms in total. The topological polar surface area (TPSA) is 56.7 Å². The van der Waals surface area contributed by atoms with Gasteiger partial charge in [0.25, 0.3) is 0 Å². The number of aromatic nitrogens is 4. The third-order valence-electron chi connectivity index (χ3n) is 10.9. The van der Waals surface area contributed by atoms with Gasteiger partial charge in [-0.15, -0.1) is 0 Å². The van der Waals surface area contributed by atoms with E-state index in [9.17, 15) is 0 Å². The minimum atomic E-state index is 0.653. The third-order valence-corrected chi connectivity index (χ3v) is 12.0. The van der Waals surface area contributed by atoms with Crippen LogP contribution in [0.15, 0.2) is 184 Å². The van der Waals surface area contributed by atoms with Gasteiger partial charge in [0.15, 0.2) is 17.5 Å². The molecule has 0 N–H and O–H groups in total. The van der Waals surface area contributed by atoms with E-state index in [1.54, 1.807) is 0 Å². The van der Waals surface area contributed by atoms with Gasteiger partial charge in [-0.1, -0.05) is 127 Å². The fourth-order valence-electron chi connectivity index (χ4n) is 8.40. The van der Waals surface area contributed by atoms with Crippen molar-refractivity contribution in [2.75, 3.05) is 0 Å². The van der Waals surface area contributed by atoms with Gasteiger partial charge in [-0.3, -0.25) is 0 Å². The van der Waals surface area contributed by atoms with Gasteiger partial charge in [-0.2, -0.15) is 0 Å². The molecule has 0 amide bonds. The van der Waals surface area contributed by atoms with E-state index in [1.807, 2.05) is 78.5 Å². The molecule has 0 unspecified atom stereocenters. The van der Waals surface area contributed by atoms with Crippen molar-refractivity contribution in [3.05, 3.63) is 170 Å². The van der Waals surface area contributed by atoms with Crippen LogP contribution < -0.4 is 0 Å². The van der Waals surface area contributed by atoms with E-state index in [0.717, 1.165) is 66.1 Å². The molecule has 256 valence electrons. The average molecular weight is 721 g/mol. The minimum Gasteiger partial charge on any atom is -0.455 e. The van der Waals surface area contributed by atoms with E-state index >= 15 is 0 Å². The summed E-state index contributed by atoms with van der Waals surface area (Å²) in [6.07, 6.45) is 0. The van der Waals surface area contributed by atoms with Crippen molar-refractivity contribution in [1.82, 2.24) is 19.5 Å². The first kappa shape index (κ1) is 30.4. The fourth-order valence-corrected chi connectivity index (χ4v) is 9.51. The molecule has 0 atom stereocenters. The Balaban J connectivity index is 1.06. The first-order valence-corrected chi connectivity index (χ1v) is 19.2. The fraction of sp³-hybridized carbons (Fsp3) is 0. The highest BCUT2D eigenvalue weighted by Crippen LogP contribution is 2.50. The van der Waals surface area contributed by atoms with Gasteiger partial charge in [0.05, 0.1) is 16.4 Å². The molecular weight excluding hydrogens is 693 g/mol. The first-order valence-electron chi connectivity index (χ1n) is 18.4. The lowest BCUT2D eigenvalue weighted by molar-refractivity contribution is 0.673. The van der Waals surface area contributed by atoms with Gasteiger partial charge in [0, 0.05) is 53.7 Å². The lowest BCUT2D eigenvalue weighted by Gasteiger charge is -2.22. The van der Waals surface area contributed by atoms with Crippen LogP contribution in [0.5, 0.6) is 0 Å². The minimum absolute atomic E-state index is 0.653. The Morgan fingerprint density at radius 1 is 0.418 bits per heavy atom. The predicted octanol–water partition coefficient (Wildman–Crippen LogP) is 13.2. The van der Waals surface area contributed by atoms with Crippen LogP contribution in [-0.2, 0) is 0 Å². The molecule has 12 rings (SSSR count). The van der Waals surface area contributed by atoms with E-state index in [4.69, 9.17) is 19.4 Å². The number of benzene rings is 8. The standard InChI is InChI=1S/C49H28N4OS/c1-3-12-29(13-4-1)47-50-48(30-14-5-2-6-15-30)52-49(51-47)36-24-27-43-44-33(36)18-11-19-34(44)38-28-31(22-26-42(38)55-43)53-39-20-9-7-17-37(39)45-40(53)25-23-35-32-16-8-10-21-41(32)54-46(35)45/h1-28H. The van der Waals surface area contributed by atoms with E-state index in [0.29, 0.717) is 17.5 Å². The van der Waals surface area contributed by atoms with Crippen LogP contribution in [0.3, 0.4) is 0 Å². The number of hydrogen-bond acceptors (Lipinski definition) is 5. The van der Waals surface area contributed by atoms with E-state index in [1.165, 1.54) is 31.7 Å². The van der Waals surface area contributed by atoms with Gasteiger partial charge >= 0.3 is 0 Å². The van der Waals surface area contributed by atoms with Crippen LogP contribution >= 0.6 is 11.8 Å². The number of nitrogens with zero attached hydrogens (tertiary/aromatic N) is 4. The Kier molecular flexibility index (Phi) is 6.50. The SMILES string of the molecule is c1ccc(-c2nc(-c3ccccc3)nc(-c3ccc4c5c(cccc35)-c3cc(-n5c6ccccc6c6c7oc8ccccc8c7ccc65)ccc3S4)n2)cc1. The second-order valence-electron chi connectivity index (χ2n) is 13.9. The van der Waals surface area contributed by atoms with E-state index in [-0.39, 0.29) is 0 Å². The van der Waals surface area contributed by atoms with Crippen LogP contribution in [0.2, 0.25) is 0 Å². The van der Waals surface area contributed by atoms with Crippen LogP contribution in [0, 0.1) is 0 Å². The molecule has 8 aromatic carbocycles. The summed E-state index contributed by atoms with van der Waals surface area (Å²) in [4.78, 5) is 17.6. The maximum Gasteiger partial charge on any atom is 0.164 e. The van der Waals surface area contributed by atoms with Crippen LogP contribution in [0.1, 0.15) is 0 Å². The zero-order chi connectivity index (χ0) is 36.0.